The van der Waals surface area contributed by atoms with Crippen molar-refractivity contribution in [3.8, 4) is 11.5 Å². The van der Waals surface area contributed by atoms with Gasteiger partial charge in [-0.25, -0.2) is 8.42 Å². The molecule has 0 bridgehead atoms. The normalized spacial score (nSPS) is 12.0. The number of rotatable bonds is 9. The number of sulfonamides is 1. The SMILES string of the molecule is COc1ccc(NS(=O)(=O)c2ccc(N[C@H](C)c3ccccc3OC)c([N+](=O)[O-])c2)cc1. The summed E-state index contributed by atoms with van der Waals surface area (Å²) in [5, 5.41) is 14.8. The average molecular weight is 458 g/mol. The Balaban J connectivity index is 1.88. The van der Waals surface area contributed by atoms with Gasteiger partial charge in [-0.2, -0.15) is 0 Å². The number of ether oxygens (including phenoxy) is 2. The van der Waals surface area contributed by atoms with Crippen LogP contribution >= 0.6 is 0 Å². The Labute approximate surface area is 186 Å². The maximum atomic E-state index is 12.8. The van der Waals surface area contributed by atoms with Crippen molar-refractivity contribution in [3.63, 3.8) is 0 Å². The Kier molecular flexibility index (Phi) is 6.84. The molecule has 3 aromatic carbocycles. The third kappa shape index (κ3) is 5.09. The van der Waals surface area contributed by atoms with Crippen molar-refractivity contribution in [2.75, 3.05) is 24.3 Å². The molecule has 0 aliphatic carbocycles. The van der Waals surface area contributed by atoms with Crippen LogP contribution in [0.15, 0.2) is 71.6 Å². The quantitative estimate of drug-likeness (QED) is 0.356. The predicted octanol–water partition coefficient (Wildman–Crippen LogP) is 4.59. The van der Waals surface area contributed by atoms with E-state index in [1.54, 1.807) is 25.3 Å². The highest BCUT2D eigenvalue weighted by Crippen LogP contribution is 2.33. The fourth-order valence-electron chi connectivity index (χ4n) is 3.16. The number of nitrogens with one attached hydrogen (secondary N) is 2. The van der Waals surface area contributed by atoms with Crippen LogP contribution in [-0.4, -0.2) is 27.6 Å². The first-order valence-electron chi connectivity index (χ1n) is 9.60. The molecule has 0 unspecified atom stereocenters. The van der Waals surface area contributed by atoms with Gasteiger partial charge in [0.25, 0.3) is 15.7 Å². The smallest absolute Gasteiger partial charge is 0.293 e. The maximum absolute atomic E-state index is 12.8. The van der Waals surface area contributed by atoms with Gasteiger partial charge in [0, 0.05) is 17.3 Å². The highest BCUT2D eigenvalue weighted by molar-refractivity contribution is 7.92. The lowest BCUT2D eigenvalue weighted by molar-refractivity contribution is -0.384. The molecule has 3 aromatic rings. The molecule has 0 saturated carbocycles. The number of nitro groups is 1. The molecule has 0 aliphatic rings. The van der Waals surface area contributed by atoms with E-state index in [1.807, 2.05) is 25.1 Å². The van der Waals surface area contributed by atoms with E-state index in [0.717, 1.165) is 11.6 Å². The molecule has 0 heterocycles. The fourth-order valence-corrected chi connectivity index (χ4v) is 4.24. The summed E-state index contributed by atoms with van der Waals surface area (Å²) in [7, 11) is -0.992. The minimum absolute atomic E-state index is 0.191. The van der Waals surface area contributed by atoms with Crippen LogP contribution in [0.2, 0.25) is 0 Å². The minimum atomic E-state index is -4.04. The Hall–Kier alpha value is -3.79. The molecule has 2 N–H and O–H groups in total. The Morgan fingerprint density at radius 1 is 0.969 bits per heavy atom. The zero-order chi connectivity index (χ0) is 23.3. The summed E-state index contributed by atoms with van der Waals surface area (Å²) in [5.74, 6) is 1.21. The predicted molar refractivity (Wildman–Crippen MR) is 122 cm³/mol. The lowest BCUT2D eigenvalue weighted by Crippen LogP contribution is -2.14. The highest BCUT2D eigenvalue weighted by atomic mass is 32.2. The summed E-state index contributed by atoms with van der Waals surface area (Å²) in [5.41, 5.74) is 0.948. The van der Waals surface area contributed by atoms with Crippen LogP contribution in [0.3, 0.4) is 0 Å². The monoisotopic (exact) mass is 457 g/mol. The van der Waals surface area contributed by atoms with Gasteiger partial charge in [0.1, 0.15) is 17.2 Å². The lowest BCUT2D eigenvalue weighted by atomic mass is 10.1. The largest absolute Gasteiger partial charge is 0.497 e. The molecule has 0 saturated heterocycles. The van der Waals surface area contributed by atoms with Gasteiger partial charge in [0.05, 0.1) is 30.1 Å². The molecule has 1 atom stereocenters. The van der Waals surface area contributed by atoms with E-state index in [9.17, 15) is 18.5 Å². The maximum Gasteiger partial charge on any atom is 0.293 e. The van der Waals surface area contributed by atoms with Crippen LogP contribution < -0.4 is 19.5 Å². The van der Waals surface area contributed by atoms with Gasteiger partial charge in [0.15, 0.2) is 0 Å². The van der Waals surface area contributed by atoms with E-state index in [0.29, 0.717) is 17.2 Å². The third-order valence-corrected chi connectivity index (χ3v) is 6.17. The summed E-state index contributed by atoms with van der Waals surface area (Å²) in [6.07, 6.45) is 0. The molecule has 0 spiro atoms. The molecular weight excluding hydrogens is 434 g/mol. The van der Waals surface area contributed by atoms with Gasteiger partial charge in [-0.3, -0.25) is 14.8 Å². The molecule has 0 radical (unpaired) electrons. The summed E-state index contributed by atoms with van der Waals surface area (Å²) >= 11 is 0. The van der Waals surface area contributed by atoms with Crippen LogP contribution in [0.1, 0.15) is 18.5 Å². The Morgan fingerprint density at radius 2 is 1.66 bits per heavy atom. The number of hydrogen-bond donors (Lipinski definition) is 2. The molecule has 9 nitrogen and oxygen atoms in total. The molecule has 0 fully saturated rings. The number of benzene rings is 3. The van der Waals surface area contributed by atoms with Crippen LogP contribution in [0, 0.1) is 10.1 Å². The van der Waals surface area contributed by atoms with E-state index < -0.39 is 14.9 Å². The standard InChI is InChI=1S/C22H23N3O6S/c1-15(19-6-4-5-7-22(19)31-3)23-20-13-12-18(14-21(20)25(26)27)32(28,29)24-16-8-10-17(30-2)11-9-16/h4-15,23-24H,1-3H3/t15-/m1/s1. The second kappa shape index (κ2) is 9.56. The first-order valence-corrected chi connectivity index (χ1v) is 11.1. The van der Waals surface area contributed by atoms with Crippen molar-refractivity contribution in [2.45, 2.75) is 17.9 Å². The van der Waals surface area contributed by atoms with Crippen molar-refractivity contribution in [3.05, 3.63) is 82.4 Å². The van der Waals surface area contributed by atoms with Crippen LogP contribution in [0.25, 0.3) is 0 Å². The molecular formula is C22H23N3O6S. The first-order chi connectivity index (χ1) is 15.2. The lowest BCUT2D eigenvalue weighted by Gasteiger charge is -2.18. The van der Waals surface area contributed by atoms with E-state index in [1.165, 1.54) is 31.4 Å². The molecule has 0 aliphatic heterocycles. The van der Waals surface area contributed by atoms with E-state index in [2.05, 4.69) is 10.0 Å². The second-order valence-corrected chi connectivity index (χ2v) is 8.56. The molecule has 0 aromatic heterocycles. The highest BCUT2D eigenvalue weighted by Gasteiger charge is 2.23. The average Bonchev–Trinajstić information content (AvgIpc) is 2.79. The molecule has 168 valence electrons. The molecule has 10 heteroatoms. The van der Waals surface area contributed by atoms with Crippen LogP contribution in [-0.2, 0) is 10.0 Å². The van der Waals surface area contributed by atoms with E-state index >= 15 is 0 Å². The zero-order valence-electron chi connectivity index (χ0n) is 17.7. The summed E-state index contributed by atoms with van der Waals surface area (Å²) < 4.78 is 38.3. The van der Waals surface area contributed by atoms with Crippen molar-refractivity contribution in [1.82, 2.24) is 0 Å². The van der Waals surface area contributed by atoms with E-state index in [-0.39, 0.29) is 22.3 Å². The zero-order valence-corrected chi connectivity index (χ0v) is 18.5. The van der Waals surface area contributed by atoms with E-state index in [4.69, 9.17) is 9.47 Å². The number of nitrogens with zero attached hydrogens (tertiary/aromatic N) is 1. The van der Waals surface area contributed by atoms with Crippen LogP contribution in [0.5, 0.6) is 11.5 Å². The summed E-state index contributed by atoms with van der Waals surface area (Å²) in [6.45, 7) is 1.83. The molecule has 3 rings (SSSR count). The summed E-state index contributed by atoms with van der Waals surface area (Å²) in [4.78, 5) is 10.8. The number of methoxy groups -OCH3 is 2. The van der Waals surface area contributed by atoms with Gasteiger partial charge in [0.2, 0.25) is 0 Å². The first kappa shape index (κ1) is 22.9. The van der Waals surface area contributed by atoms with Crippen molar-refractivity contribution in [1.29, 1.82) is 0 Å². The second-order valence-electron chi connectivity index (χ2n) is 6.88. The minimum Gasteiger partial charge on any atom is -0.497 e. The van der Waals surface area contributed by atoms with Crippen molar-refractivity contribution in [2.24, 2.45) is 0 Å². The molecule has 32 heavy (non-hydrogen) atoms. The number of nitro benzene ring substituents is 1. The third-order valence-electron chi connectivity index (χ3n) is 4.80. The van der Waals surface area contributed by atoms with Crippen LogP contribution in [0.4, 0.5) is 17.1 Å². The van der Waals surface area contributed by atoms with Gasteiger partial charge in [-0.05, 0) is 49.4 Å². The Bertz CT molecular complexity index is 1210. The fraction of sp³-hybridized carbons (Fsp3) is 0.182. The number of para-hydroxylation sites is 1. The van der Waals surface area contributed by atoms with Gasteiger partial charge in [-0.15, -0.1) is 0 Å². The van der Waals surface area contributed by atoms with Crippen molar-refractivity contribution < 1.29 is 22.8 Å². The van der Waals surface area contributed by atoms with Gasteiger partial charge < -0.3 is 14.8 Å². The van der Waals surface area contributed by atoms with Crippen molar-refractivity contribution >= 4 is 27.1 Å². The van der Waals surface area contributed by atoms with Gasteiger partial charge >= 0.3 is 0 Å². The molecule has 0 amide bonds. The summed E-state index contributed by atoms with van der Waals surface area (Å²) in [6, 6.07) is 17.0. The Morgan fingerprint density at radius 3 is 2.28 bits per heavy atom. The van der Waals surface area contributed by atoms with Gasteiger partial charge in [-0.1, -0.05) is 18.2 Å². The topological polar surface area (TPSA) is 120 Å². The number of anilines is 2. The number of hydrogen-bond acceptors (Lipinski definition) is 7.